The minimum Gasteiger partial charge on any atom is -0.870 e. The molecule has 0 heterocycles. The number of hydrogen-bond acceptors (Lipinski definition) is 2. The summed E-state index contributed by atoms with van der Waals surface area (Å²) in [6.07, 6.45) is 0. The number of ketones is 1. The number of benzene rings is 2. The number of carbonyl (C=O) groups is 1. The van der Waals surface area contributed by atoms with Crippen molar-refractivity contribution in [2.45, 2.75) is 6.04 Å². The van der Waals surface area contributed by atoms with Gasteiger partial charge in [0.25, 0.3) is 0 Å². The van der Waals surface area contributed by atoms with Gasteiger partial charge in [0.2, 0.25) is 5.78 Å². The zero-order valence-electron chi connectivity index (χ0n) is 12.2. The Morgan fingerprint density at radius 1 is 0.850 bits per heavy atom. The smallest absolute Gasteiger partial charge is 0.224 e. The quantitative estimate of drug-likeness (QED) is 0.633. The number of rotatable bonds is 4. The Kier molecular flexibility index (Phi) is 5.19. The topological polar surface area (TPSA) is 47.1 Å². The van der Waals surface area contributed by atoms with Crippen molar-refractivity contribution in [1.29, 1.82) is 0 Å². The van der Waals surface area contributed by atoms with E-state index in [0.717, 1.165) is 11.1 Å². The molecule has 0 aliphatic rings. The molecule has 0 fully saturated rings. The minimum absolute atomic E-state index is 0. The van der Waals surface area contributed by atoms with Crippen molar-refractivity contribution < 1.29 is 14.8 Å². The van der Waals surface area contributed by atoms with E-state index in [1.165, 1.54) is 0 Å². The highest BCUT2D eigenvalue weighted by Gasteiger charge is 2.33. The molecule has 1 atom stereocenters. The van der Waals surface area contributed by atoms with Crippen molar-refractivity contribution >= 4 is 5.78 Å². The lowest BCUT2D eigenvalue weighted by molar-refractivity contribution is -0.891. The van der Waals surface area contributed by atoms with E-state index in [1.54, 1.807) is 0 Å². The lowest BCUT2D eigenvalue weighted by Crippen LogP contribution is -2.43. The second-order valence-electron chi connectivity index (χ2n) is 5.66. The van der Waals surface area contributed by atoms with Gasteiger partial charge in [-0.3, -0.25) is 4.79 Å². The Hall–Kier alpha value is -1.97. The minimum atomic E-state index is -0.177. The Balaban J connectivity index is 0.00000200. The predicted molar refractivity (Wildman–Crippen MR) is 79.9 cm³/mol. The van der Waals surface area contributed by atoms with Gasteiger partial charge in [-0.15, -0.1) is 0 Å². The van der Waals surface area contributed by atoms with Crippen LogP contribution in [0.1, 0.15) is 22.0 Å². The molecule has 0 saturated carbocycles. The molecule has 1 unspecified atom stereocenters. The van der Waals surface area contributed by atoms with Crippen LogP contribution in [-0.2, 0) is 0 Å². The molecular formula is C17H21NO2. The summed E-state index contributed by atoms with van der Waals surface area (Å²) >= 11 is 0. The van der Waals surface area contributed by atoms with Gasteiger partial charge in [0, 0.05) is 11.1 Å². The van der Waals surface area contributed by atoms with Crippen molar-refractivity contribution in [1.82, 2.24) is 0 Å². The molecule has 0 bridgehead atoms. The van der Waals surface area contributed by atoms with E-state index in [1.807, 2.05) is 60.7 Å². The summed E-state index contributed by atoms with van der Waals surface area (Å²) in [5.41, 5.74) is 1.83. The number of hydrogen-bond donors (Lipinski definition) is 0. The second-order valence-corrected chi connectivity index (χ2v) is 5.66. The van der Waals surface area contributed by atoms with Crippen LogP contribution >= 0.6 is 0 Å². The van der Waals surface area contributed by atoms with Gasteiger partial charge in [0.05, 0.1) is 21.1 Å². The van der Waals surface area contributed by atoms with E-state index in [-0.39, 0.29) is 17.3 Å². The molecule has 0 spiro atoms. The van der Waals surface area contributed by atoms with Crippen LogP contribution in [0.3, 0.4) is 0 Å². The fourth-order valence-corrected chi connectivity index (χ4v) is 2.35. The Bertz CT molecular complexity index is 544. The van der Waals surface area contributed by atoms with E-state index in [4.69, 9.17) is 0 Å². The van der Waals surface area contributed by atoms with Gasteiger partial charge in [-0.1, -0.05) is 60.7 Å². The molecule has 1 N–H and O–H groups in total. The van der Waals surface area contributed by atoms with E-state index < -0.39 is 0 Å². The predicted octanol–water partition coefficient (Wildman–Crippen LogP) is 3.14. The fraction of sp³-hybridized carbons (Fsp3) is 0.235. The molecular weight excluding hydrogens is 250 g/mol. The summed E-state index contributed by atoms with van der Waals surface area (Å²) < 4.78 is 0.581. The van der Waals surface area contributed by atoms with Crippen LogP contribution in [0.5, 0.6) is 0 Å². The molecule has 0 aromatic heterocycles. The van der Waals surface area contributed by atoms with Crippen LogP contribution in [-0.4, -0.2) is 36.9 Å². The zero-order valence-corrected chi connectivity index (χ0v) is 12.2. The van der Waals surface area contributed by atoms with E-state index in [9.17, 15) is 4.79 Å². The largest absolute Gasteiger partial charge is 0.870 e. The van der Waals surface area contributed by atoms with Crippen molar-refractivity contribution in [3.63, 3.8) is 0 Å². The van der Waals surface area contributed by atoms with Gasteiger partial charge >= 0.3 is 0 Å². The Labute approximate surface area is 120 Å². The highest BCUT2D eigenvalue weighted by atomic mass is 16.1. The first kappa shape index (κ1) is 16.1. The van der Waals surface area contributed by atoms with Crippen LogP contribution < -0.4 is 0 Å². The van der Waals surface area contributed by atoms with E-state index in [2.05, 4.69) is 21.1 Å². The molecule has 0 saturated heterocycles. The molecule has 3 nitrogen and oxygen atoms in total. The lowest BCUT2D eigenvalue weighted by atomic mass is 9.95. The number of Topliss-reactive ketones (excluding diaryl/α,β-unsaturated/α-hetero) is 1. The molecule has 2 aromatic rings. The molecule has 2 rings (SSSR count). The van der Waals surface area contributed by atoms with Crippen LogP contribution in [0.25, 0.3) is 0 Å². The SMILES string of the molecule is C[N+](C)(C)C(C(=O)c1ccccc1)c1ccccc1.[OH-]. The van der Waals surface area contributed by atoms with Gasteiger partial charge in [-0.05, 0) is 0 Å². The first-order chi connectivity index (χ1) is 9.00. The molecule has 106 valence electrons. The maximum absolute atomic E-state index is 12.8. The third-order valence-corrected chi connectivity index (χ3v) is 3.20. The number of carbonyl (C=O) groups excluding carboxylic acids is 1. The average Bonchev–Trinajstić information content (AvgIpc) is 2.39. The van der Waals surface area contributed by atoms with Gasteiger partial charge in [0.1, 0.15) is 0 Å². The molecule has 0 aliphatic heterocycles. The van der Waals surface area contributed by atoms with Gasteiger partial charge in [-0.2, -0.15) is 0 Å². The summed E-state index contributed by atoms with van der Waals surface area (Å²) in [5.74, 6) is 0.166. The van der Waals surface area contributed by atoms with Gasteiger partial charge in [-0.25, -0.2) is 0 Å². The third-order valence-electron chi connectivity index (χ3n) is 3.20. The van der Waals surface area contributed by atoms with Crippen LogP contribution in [0.15, 0.2) is 60.7 Å². The molecule has 2 aromatic carbocycles. The maximum Gasteiger partial charge on any atom is 0.224 e. The van der Waals surface area contributed by atoms with Crippen LogP contribution in [0.2, 0.25) is 0 Å². The Morgan fingerprint density at radius 2 is 1.30 bits per heavy atom. The summed E-state index contributed by atoms with van der Waals surface area (Å²) in [5, 5.41) is 0. The first-order valence-electron chi connectivity index (χ1n) is 6.45. The second kappa shape index (κ2) is 6.46. The molecule has 20 heavy (non-hydrogen) atoms. The van der Waals surface area contributed by atoms with Crippen LogP contribution in [0, 0.1) is 0 Å². The molecule has 0 amide bonds. The number of quaternary nitrogens is 1. The molecule has 3 heteroatoms. The van der Waals surface area contributed by atoms with Crippen molar-refractivity contribution in [3.8, 4) is 0 Å². The summed E-state index contributed by atoms with van der Waals surface area (Å²) in [6, 6.07) is 19.3. The monoisotopic (exact) mass is 271 g/mol. The normalized spacial score (nSPS) is 12.3. The highest BCUT2D eigenvalue weighted by Crippen LogP contribution is 2.27. The summed E-state index contributed by atoms with van der Waals surface area (Å²) in [7, 11) is 6.16. The molecule has 0 aliphatic carbocycles. The van der Waals surface area contributed by atoms with Gasteiger partial charge in [0.15, 0.2) is 6.04 Å². The standard InChI is InChI=1S/C17H20NO.H2O/c1-18(2,3)16(14-10-6-4-7-11-14)17(19)15-12-8-5-9-13-15;/h4-13,16H,1-3H3;1H2/q+1;/p-1. The number of likely N-dealkylation sites (N-methyl/N-ethyl adjacent to an activating group) is 1. The fourth-order valence-electron chi connectivity index (χ4n) is 2.35. The van der Waals surface area contributed by atoms with Crippen LogP contribution in [0.4, 0.5) is 0 Å². The van der Waals surface area contributed by atoms with Crippen molar-refractivity contribution in [2.24, 2.45) is 0 Å². The summed E-state index contributed by atoms with van der Waals surface area (Å²) in [4.78, 5) is 12.8. The average molecular weight is 271 g/mol. The van der Waals surface area contributed by atoms with Gasteiger partial charge < -0.3 is 9.96 Å². The Morgan fingerprint density at radius 3 is 1.75 bits per heavy atom. The molecule has 0 radical (unpaired) electrons. The highest BCUT2D eigenvalue weighted by molar-refractivity contribution is 5.99. The van der Waals surface area contributed by atoms with E-state index in [0.29, 0.717) is 4.48 Å². The maximum atomic E-state index is 12.8. The number of nitrogens with zero attached hydrogens (tertiary/aromatic N) is 1. The summed E-state index contributed by atoms with van der Waals surface area (Å²) in [6.45, 7) is 0. The zero-order chi connectivity index (χ0) is 13.9. The lowest BCUT2D eigenvalue weighted by Gasteiger charge is -2.33. The first-order valence-corrected chi connectivity index (χ1v) is 6.45. The third kappa shape index (κ3) is 3.53. The van der Waals surface area contributed by atoms with Crippen molar-refractivity contribution in [3.05, 3.63) is 71.8 Å². The van der Waals surface area contributed by atoms with E-state index >= 15 is 0 Å². The van der Waals surface area contributed by atoms with Crippen molar-refractivity contribution in [2.75, 3.05) is 21.1 Å².